The van der Waals surface area contributed by atoms with E-state index in [1.807, 2.05) is 7.05 Å². The fraction of sp³-hybridized carbons (Fsp3) is 1.00. The van der Waals surface area contributed by atoms with Crippen molar-refractivity contribution >= 4 is 0 Å². The Labute approximate surface area is 125 Å². The summed E-state index contributed by atoms with van der Waals surface area (Å²) in [4.78, 5) is 0. The standard InChI is InChI=1S/C16H36N4/c1-3-18-9-6-7-11-20-14-16-12-15(16)13-19-10-5-4-8-17-2/h15-20H,3-14H2,1-2H3/t15-,16+/m0/s1. The van der Waals surface area contributed by atoms with E-state index in [0.29, 0.717) is 0 Å². The normalized spacial score (nSPS) is 21.3. The molecule has 0 aromatic rings. The molecular weight excluding hydrogens is 248 g/mol. The van der Waals surface area contributed by atoms with Gasteiger partial charge < -0.3 is 21.3 Å². The average Bonchev–Trinajstić information content (AvgIpc) is 3.20. The first-order chi connectivity index (χ1) is 9.88. The summed E-state index contributed by atoms with van der Waals surface area (Å²) < 4.78 is 0. The summed E-state index contributed by atoms with van der Waals surface area (Å²) in [6.07, 6.45) is 6.60. The topological polar surface area (TPSA) is 48.1 Å². The molecule has 0 bridgehead atoms. The summed E-state index contributed by atoms with van der Waals surface area (Å²) in [6, 6.07) is 0. The van der Waals surface area contributed by atoms with Crippen molar-refractivity contribution in [1.29, 1.82) is 0 Å². The van der Waals surface area contributed by atoms with Crippen molar-refractivity contribution in [3.05, 3.63) is 0 Å². The Kier molecular flexibility index (Phi) is 11.2. The van der Waals surface area contributed by atoms with Gasteiger partial charge in [-0.1, -0.05) is 6.92 Å². The fourth-order valence-corrected chi connectivity index (χ4v) is 2.61. The largest absolute Gasteiger partial charge is 0.320 e. The highest BCUT2D eigenvalue weighted by Crippen LogP contribution is 2.36. The SMILES string of the molecule is CCNCCCCNC[C@H]1C[C@H]1CNCCCCNC. The molecule has 1 saturated carbocycles. The highest BCUT2D eigenvalue weighted by molar-refractivity contribution is 4.89. The molecule has 0 amide bonds. The molecule has 1 aliphatic rings. The van der Waals surface area contributed by atoms with Gasteiger partial charge in [0, 0.05) is 0 Å². The van der Waals surface area contributed by atoms with E-state index in [1.54, 1.807) is 0 Å². The quantitative estimate of drug-likeness (QED) is 0.341. The third kappa shape index (κ3) is 9.70. The minimum atomic E-state index is 0.938. The number of hydrogen-bond acceptors (Lipinski definition) is 4. The van der Waals surface area contributed by atoms with Crippen molar-refractivity contribution in [2.75, 3.05) is 52.9 Å². The van der Waals surface area contributed by atoms with E-state index in [2.05, 4.69) is 28.2 Å². The molecule has 0 aliphatic heterocycles. The molecule has 0 saturated heterocycles. The Bertz CT molecular complexity index is 211. The molecule has 0 heterocycles. The predicted molar refractivity (Wildman–Crippen MR) is 88.3 cm³/mol. The second kappa shape index (κ2) is 12.6. The van der Waals surface area contributed by atoms with E-state index >= 15 is 0 Å². The van der Waals surface area contributed by atoms with E-state index in [4.69, 9.17) is 0 Å². The minimum Gasteiger partial charge on any atom is -0.320 e. The fourth-order valence-electron chi connectivity index (χ4n) is 2.61. The molecule has 1 rings (SSSR count). The lowest BCUT2D eigenvalue weighted by Gasteiger charge is -2.06. The molecule has 0 radical (unpaired) electrons. The summed E-state index contributed by atoms with van der Waals surface area (Å²) >= 11 is 0. The monoisotopic (exact) mass is 284 g/mol. The maximum absolute atomic E-state index is 3.61. The van der Waals surface area contributed by atoms with Gasteiger partial charge >= 0.3 is 0 Å². The first-order valence-corrected chi connectivity index (χ1v) is 8.65. The Hall–Kier alpha value is -0.160. The van der Waals surface area contributed by atoms with Gasteiger partial charge in [0.2, 0.25) is 0 Å². The predicted octanol–water partition coefficient (Wildman–Crippen LogP) is 1.19. The Morgan fingerprint density at radius 3 is 1.75 bits per heavy atom. The van der Waals surface area contributed by atoms with Gasteiger partial charge in [0.15, 0.2) is 0 Å². The number of hydrogen-bond donors (Lipinski definition) is 4. The lowest BCUT2D eigenvalue weighted by atomic mass is 10.2. The third-order valence-corrected chi connectivity index (χ3v) is 4.12. The smallest absolute Gasteiger partial charge is 0.00173 e. The molecule has 20 heavy (non-hydrogen) atoms. The minimum absolute atomic E-state index is 0.938. The van der Waals surface area contributed by atoms with Crippen LogP contribution >= 0.6 is 0 Å². The molecular formula is C16H36N4. The summed E-state index contributed by atoms with van der Waals surface area (Å²) in [5, 5.41) is 13.8. The van der Waals surface area contributed by atoms with Gasteiger partial charge in [-0.05, 0) is 96.8 Å². The van der Waals surface area contributed by atoms with Gasteiger partial charge in [0.25, 0.3) is 0 Å². The zero-order valence-electron chi connectivity index (χ0n) is 13.6. The van der Waals surface area contributed by atoms with Gasteiger partial charge in [0.1, 0.15) is 0 Å². The van der Waals surface area contributed by atoms with Crippen LogP contribution in [0, 0.1) is 11.8 Å². The van der Waals surface area contributed by atoms with E-state index in [1.165, 1.54) is 64.8 Å². The first-order valence-electron chi connectivity index (χ1n) is 8.65. The van der Waals surface area contributed by atoms with E-state index in [-0.39, 0.29) is 0 Å². The van der Waals surface area contributed by atoms with Gasteiger partial charge in [-0.2, -0.15) is 0 Å². The molecule has 1 fully saturated rings. The summed E-state index contributed by atoms with van der Waals surface area (Å²) in [5.41, 5.74) is 0. The van der Waals surface area contributed by atoms with Crippen LogP contribution in [0.25, 0.3) is 0 Å². The Balaban J connectivity index is 1.75. The molecule has 4 nitrogen and oxygen atoms in total. The molecule has 0 aromatic heterocycles. The number of rotatable bonds is 15. The lowest BCUT2D eigenvalue weighted by Crippen LogP contribution is -2.23. The van der Waals surface area contributed by atoms with Gasteiger partial charge in [-0.3, -0.25) is 0 Å². The van der Waals surface area contributed by atoms with E-state index < -0.39 is 0 Å². The van der Waals surface area contributed by atoms with Crippen LogP contribution < -0.4 is 21.3 Å². The van der Waals surface area contributed by atoms with Crippen LogP contribution in [0.2, 0.25) is 0 Å². The third-order valence-electron chi connectivity index (χ3n) is 4.12. The molecule has 0 unspecified atom stereocenters. The highest BCUT2D eigenvalue weighted by Gasteiger charge is 2.35. The van der Waals surface area contributed by atoms with Crippen LogP contribution in [0.4, 0.5) is 0 Å². The lowest BCUT2D eigenvalue weighted by molar-refractivity contribution is 0.533. The Morgan fingerprint density at radius 2 is 1.25 bits per heavy atom. The molecule has 1 aliphatic carbocycles. The maximum Gasteiger partial charge on any atom is -0.00173 e. The zero-order chi connectivity index (χ0) is 14.5. The summed E-state index contributed by atoms with van der Waals surface area (Å²) in [6.45, 7) is 10.4. The summed E-state index contributed by atoms with van der Waals surface area (Å²) in [7, 11) is 2.02. The molecule has 0 aromatic carbocycles. The van der Waals surface area contributed by atoms with Crippen molar-refractivity contribution in [3.63, 3.8) is 0 Å². The number of nitrogens with one attached hydrogen (secondary N) is 4. The molecule has 4 heteroatoms. The van der Waals surface area contributed by atoms with E-state index in [0.717, 1.165) is 24.9 Å². The van der Waals surface area contributed by atoms with Crippen molar-refractivity contribution in [3.8, 4) is 0 Å². The first kappa shape index (κ1) is 17.9. The number of unbranched alkanes of at least 4 members (excludes halogenated alkanes) is 2. The van der Waals surface area contributed by atoms with Crippen molar-refractivity contribution in [2.24, 2.45) is 11.8 Å². The molecule has 120 valence electrons. The Morgan fingerprint density at radius 1 is 0.750 bits per heavy atom. The maximum atomic E-state index is 3.61. The van der Waals surface area contributed by atoms with Crippen molar-refractivity contribution < 1.29 is 0 Å². The van der Waals surface area contributed by atoms with Gasteiger partial charge in [0.05, 0.1) is 0 Å². The second-order valence-electron chi connectivity index (χ2n) is 6.04. The zero-order valence-corrected chi connectivity index (χ0v) is 13.6. The summed E-state index contributed by atoms with van der Waals surface area (Å²) in [5.74, 6) is 1.88. The van der Waals surface area contributed by atoms with Crippen LogP contribution in [-0.2, 0) is 0 Å². The van der Waals surface area contributed by atoms with Crippen molar-refractivity contribution in [2.45, 2.75) is 39.0 Å². The van der Waals surface area contributed by atoms with Crippen LogP contribution in [-0.4, -0.2) is 52.9 Å². The van der Waals surface area contributed by atoms with Gasteiger partial charge in [-0.25, -0.2) is 0 Å². The van der Waals surface area contributed by atoms with Crippen LogP contribution in [0.1, 0.15) is 39.0 Å². The van der Waals surface area contributed by atoms with Crippen molar-refractivity contribution in [1.82, 2.24) is 21.3 Å². The van der Waals surface area contributed by atoms with Crippen LogP contribution in [0.3, 0.4) is 0 Å². The van der Waals surface area contributed by atoms with Crippen LogP contribution in [0.5, 0.6) is 0 Å². The molecule has 0 spiro atoms. The van der Waals surface area contributed by atoms with Crippen LogP contribution in [0.15, 0.2) is 0 Å². The average molecular weight is 284 g/mol. The second-order valence-corrected chi connectivity index (χ2v) is 6.04. The molecule has 2 atom stereocenters. The van der Waals surface area contributed by atoms with E-state index in [9.17, 15) is 0 Å². The van der Waals surface area contributed by atoms with Gasteiger partial charge in [-0.15, -0.1) is 0 Å². The highest BCUT2D eigenvalue weighted by atomic mass is 14.9. The molecule has 4 N–H and O–H groups in total.